The van der Waals surface area contributed by atoms with Gasteiger partial charge in [-0.2, -0.15) is 0 Å². The number of hydrogen-bond donors (Lipinski definition) is 0. The smallest absolute Gasteiger partial charge is 0.175 e. The molecule has 84 valence electrons. The third-order valence-electron chi connectivity index (χ3n) is 2.50. The Bertz CT molecular complexity index is 648. The highest BCUT2D eigenvalue weighted by Gasteiger charge is 2.10. The van der Waals surface area contributed by atoms with Crippen molar-refractivity contribution in [2.75, 3.05) is 6.26 Å². The van der Waals surface area contributed by atoms with Crippen molar-refractivity contribution in [2.24, 2.45) is 0 Å². The number of aromatic nitrogens is 4. The molecule has 0 amide bonds. The first-order valence-electron chi connectivity index (χ1n) is 5.19. The monoisotopic (exact) mass is 242 g/mol. The molecule has 5 heteroatoms. The van der Waals surface area contributed by atoms with E-state index in [9.17, 15) is 0 Å². The van der Waals surface area contributed by atoms with Crippen LogP contribution in [-0.2, 0) is 0 Å². The summed E-state index contributed by atoms with van der Waals surface area (Å²) in [7, 11) is 0. The maximum Gasteiger partial charge on any atom is 0.175 e. The second kappa shape index (κ2) is 4.18. The van der Waals surface area contributed by atoms with Gasteiger partial charge in [0.1, 0.15) is 0 Å². The number of benzene rings is 1. The first kappa shape index (κ1) is 10.3. The van der Waals surface area contributed by atoms with Gasteiger partial charge in [-0.25, -0.2) is 4.98 Å². The van der Waals surface area contributed by atoms with E-state index in [-0.39, 0.29) is 0 Å². The van der Waals surface area contributed by atoms with Crippen LogP contribution >= 0.6 is 11.8 Å². The van der Waals surface area contributed by atoms with Crippen LogP contribution in [0.15, 0.2) is 47.8 Å². The molecule has 0 N–H and O–H groups in total. The van der Waals surface area contributed by atoms with Gasteiger partial charge in [-0.3, -0.25) is 4.40 Å². The molecule has 2 aromatic heterocycles. The summed E-state index contributed by atoms with van der Waals surface area (Å²) in [6, 6.07) is 11.9. The minimum absolute atomic E-state index is 0.822. The van der Waals surface area contributed by atoms with Crippen molar-refractivity contribution < 1.29 is 0 Å². The highest BCUT2D eigenvalue weighted by atomic mass is 32.2. The molecule has 0 radical (unpaired) electrons. The van der Waals surface area contributed by atoms with E-state index in [0.717, 1.165) is 22.2 Å². The Kier molecular flexibility index (Phi) is 2.53. The maximum atomic E-state index is 4.33. The van der Waals surface area contributed by atoms with Gasteiger partial charge >= 0.3 is 0 Å². The lowest BCUT2D eigenvalue weighted by Crippen LogP contribution is -1.95. The second-order valence-electron chi connectivity index (χ2n) is 3.51. The second-order valence-corrected chi connectivity index (χ2v) is 4.29. The van der Waals surface area contributed by atoms with Crippen molar-refractivity contribution in [3.8, 4) is 11.4 Å². The number of fused-ring (bicyclic) bond motifs is 1. The Labute approximate surface area is 103 Å². The van der Waals surface area contributed by atoms with E-state index in [1.807, 2.05) is 47.1 Å². The Morgan fingerprint density at radius 1 is 1.06 bits per heavy atom. The molecule has 0 aliphatic carbocycles. The summed E-state index contributed by atoms with van der Waals surface area (Å²) in [5.41, 5.74) is 1.87. The fourth-order valence-electron chi connectivity index (χ4n) is 1.74. The van der Waals surface area contributed by atoms with Crippen LogP contribution in [-0.4, -0.2) is 25.8 Å². The summed E-state index contributed by atoms with van der Waals surface area (Å²) in [6.45, 7) is 0. The molecule has 3 aromatic rings. The van der Waals surface area contributed by atoms with Crippen LogP contribution in [0.3, 0.4) is 0 Å². The number of thioether (sulfide) groups is 1. The van der Waals surface area contributed by atoms with E-state index in [2.05, 4.69) is 15.2 Å². The van der Waals surface area contributed by atoms with E-state index < -0.39 is 0 Å². The number of hydrogen-bond acceptors (Lipinski definition) is 4. The predicted molar refractivity (Wildman–Crippen MR) is 68.0 cm³/mol. The standard InChI is InChI=1S/C12H10N4S/c1-17-12-13-8-7-10-14-15-11(16(10)12)9-5-3-2-4-6-9/h2-8H,1H3. The molecule has 0 saturated heterocycles. The molecule has 1 aromatic carbocycles. The lowest BCUT2D eigenvalue weighted by atomic mass is 10.2. The Morgan fingerprint density at radius 2 is 1.88 bits per heavy atom. The molecule has 3 rings (SSSR count). The Morgan fingerprint density at radius 3 is 2.65 bits per heavy atom. The van der Waals surface area contributed by atoms with Crippen LogP contribution in [0.4, 0.5) is 0 Å². The zero-order valence-electron chi connectivity index (χ0n) is 9.24. The first-order chi connectivity index (χ1) is 8.40. The molecule has 0 spiro atoms. The van der Waals surface area contributed by atoms with Crippen LogP contribution in [0.2, 0.25) is 0 Å². The molecule has 0 bridgehead atoms. The molecular formula is C12H10N4S. The Hall–Kier alpha value is -1.88. The third-order valence-corrected chi connectivity index (χ3v) is 3.16. The number of rotatable bonds is 2. The zero-order chi connectivity index (χ0) is 11.7. The van der Waals surface area contributed by atoms with Gasteiger partial charge in [0.15, 0.2) is 16.6 Å². The molecule has 0 aliphatic rings. The highest BCUT2D eigenvalue weighted by Crippen LogP contribution is 2.22. The average Bonchev–Trinajstić information content (AvgIpc) is 2.83. The minimum atomic E-state index is 0.822. The predicted octanol–water partition coefficient (Wildman–Crippen LogP) is 2.51. The lowest BCUT2D eigenvalue weighted by molar-refractivity contribution is 0.907. The molecule has 0 atom stereocenters. The van der Waals surface area contributed by atoms with Crippen LogP contribution in [0.1, 0.15) is 0 Å². The fourth-order valence-corrected chi connectivity index (χ4v) is 2.27. The zero-order valence-corrected chi connectivity index (χ0v) is 10.1. The first-order valence-corrected chi connectivity index (χ1v) is 6.42. The molecule has 0 fully saturated rings. The summed E-state index contributed by atoms with van der Waals surface area (Å²) >= 11 is 1.58. The average molecular weight is 242 g/mol. The normalized spacial score (nSPS) is 10.9. The van der Waals surface area contributed by atoms with Gasteiger partial charge < -0.3 is 0 Å². The van der Waals surface area contributed by atoms with Gasteiger partial charge in [-0.15, -0.1) is 10.2 Å². The van der Waals surface area contributed by atoms with Crippen LogP contribution < -0.4 is 0 Å². The summed E-state index contributed by atoms with van der Waals surface area (Å²) in [5.74, 6) is 0.832. The SMILES string of the molecule is CSc1nccc2nnc(-c3ccccc3)n12. The molecule has 0 unspecified atom stereocenters. The number of nitrogens with zero attached hydrogens (tertiary/aromatic N) is 4. The third kappa shape index (κ3) is 1.68. The summed E-state index contributed by atoms with van der Waals surface area (Å²) in [4.78, 5) is 4.33. The van der Waals surface area contributed by atoms with Gasteiger partial charge in [-0.05, 0) is 6.26 Å². The van der Waals surface area contributed by atoms with Gasteiger partial charge in [0.25, 0.3) is 0 Å². The molecule has 17 heavy (non-hydrogen) atoms. The van der Waals surface area contributed by atoms with Crippen LogP contribution in [0.25, 0.3) is 17.0 Å². The van der Waals surface area contributed by atoms with E-state index in [0.29, 0.717) is 0 Å². The molecule has 0 saturated carbocycles. The van der Waals surface area contributed by atoms with Crippen LogP contribution in [0, 0.1) is 0 Å². The van der Waals surface area contributed by atoms with Crippen molar-refractivity contribution in [2.45, 2.75) is 5.16 Å². The van der Waals surface area contributed by atoms with E-state index in [4.69, 9.17) is 0 Å². The van der Waals surface area contributed by atoms with Crippen molar-refractivity contribution in [3.63, 3.8) is 0 Å². The summed E-state index contributed by atoms with van der Waals surface area (Å²) in [5, 5.41) is 9.29. The Balaban J connectivity index is 2.31. The molecule has 4 nitrogen and oxygen atoms in total. The van der Waals surface area contributed by atoms with E-state index >= 15 is 0 Å². The minimum Gasteiger partial charge on any atom is -0.253 e. The quantitative estimate of drug-likeness (QED) is 0.511. The fraction of sp³-hybridized carbons (Fsp3) is 0.0833. The van der Waals surface area contributed by atoms with Crippen LogP contribution in [0.5, 0.6) is 0 Å². The van der Waals surface area contributed by atoms with Gasteiger partial charge in [0.2, 0.25) is 0 Å². The van der Waals surface area contributed by atoms with E-state index in [1.54, 1.807) is 18.0 Å². The molecule has 0 aliphatic heterocycles. The summed E-state index contributed by atoms with van der Waals surface area (Å²) < 4.78 is 1.97. The van der Waals surface area contributed by atoms with Crippen molar-refractivity contribution >= 4 is 17.4 Å². The van der Waals surface area contributed by atoms with Gasteiger partial charge in [-0.1, -0.05) is 42.1 Å². The lowest BCUT2D eigenvalue weighted by Gasteiger charge is -2.03. The van der Waals surface area contributed by atoms with Gasteiger partial charge in [0, 0.05) is 17.8 Å². The molecular weight excluding hydrogens is 232 g/mol. The summed E-state index contributed by atoms with van der Waals surface area (Å²) in [6.07, 6.45) is 3.75. The topological polar surface area (TPSA) is 43.1 Å². The van der Waals surface area contributed by atoms with Gasteiger partial charge in [0.05, 0.1) is 0 Å². The van der Waals surface area contributed by atoms with Crippen molar-refractivity contribution in [1.82, 2.24) is 19.6 Å². The molecule has 2 heterocycles. The highest BCUT2D eigenvalue weighted by molar-refractivity contribution is 7.98. The van der Waals surface area contributed by atoms with Crippen molar-refractivity contribution in [3.05, 3.63) is 42.6 Å². The largest absolute Gasteiger partial charge is 0.253 e. The van der Waals surface area contributed by atoms with E-state index in [1.165, 1.54) is 0 Å². The maximum absolute atomic E-state index is 4.33. The van der Waals surface area contributed by atoms with Crippen molar-refractivity contribution in [1.29, 1.82) is 0 Å².